The zero-order valence-corrected chi connectivity index (χ0v) is 12.5. The van der Waals surface area contributed by atoms with Crippen LogP contribution in [0.3, 0.4) is 0 Å². The molecule has 1 aliphatic carbocycles. The lowest BCUT2D eigenvalue weighted by Crippen LogP contribution is -2.34. The smallest absolute Gasteiger partial charge is 0.0643 e. The number of ether oxygens (including phenoxy) is 2. The first kappa shape index (κ1) is 16.5. The molecule has 110 valence electrons. The fourth-order valence-electron chi connectivity index (χ4n) is 2.50. The lowest BCUT2D eigenvalue weighted by molar-refractivity contribution is -0.00260. The molecule has 0 radical (unpaired) electrons. The third kappa shape index (κ3) is 7.57. The van der Waals surface area contributed by atoms with Crippen LogP contribution in [0.1, 0.15) is 52.4 Å². The lowest BCUT2D eigenvalue weighted by Gasteiger charge is -2.28. The van der Waals surface area contributed by atoms with Gasteiger partial charge in [-0.2, -0.15) is 0 Å². The maximum atomic E-state index is 5.97. The van der Waals surface area contributed by atoms with Crippen LogP contribution in [-0.4, -0.2) is 32.0 Å². The van der Waals surface area contributed by atoms with E-state index in [0.29, 0.717) is 25.9 Å². The van der Waals surface area contributed by atoms with Crippen molar-refractivity contribution in [3.05, 3.63) is 0 Å². The van der Waals surface area contributed by atoms with Crippen molar-refractivity contribution in [3.63, 3.8) is 0 Å². The summed E-state index contributed by atoms with van der Waals surface area (Å²) in [6, 6.07) is -0.0153. The minimum Gasteiger partial charge on any atom is -0.379 e. The first-order chi connectivity index (χ1) is 9.26. The maximum absolute atomic E-state index is 5.97. The first-order valence-electron chi connectivity index (χ1n) is 7.60. The van der Waals surface area contributed by atoms with Crippen molar-refractivity contribution in [2.45, 2.75) is 64.5 Å². The molecule has 0 spiro atoms. The molecule has 3 nitrogen and oxygen atoms in total. The van der Waals surface area contributed by atoms with Gasteiger partial charge in [0.1, 0.15) is 0 Å². The van der Waals surface area contributed by atoms with Gasteiger partial charge in [-0.05, 0) is 38.5 Å². The molecular weight excluding hydrogens is 238 g/mol. The van der Waals surface area contributed by atoms with E-state index in [0.717, 1.165) is 12.3 Å². The van der Waals surface area contributed by atoms with E-state index in [2.05, 4.69) is 18.8 Å². The van der Waals surface area contributed by atoms with Crippen molar-refractivity contribution < 1.29 is 9.47 Å². The fraction of sp³-hybridized carbons (Fsp3) is 0.875. The van der Waals surface area contributed by atoms with E-state index in [4.69, 9.17) is 15.2 Å². The van der Waals surface area contributed by atoms with Gasteiger partial charge in [0.05, 0.1) is 32.0 Å². The summed E-state index contributed by atoms with van der Waals surface area (Å²) in [4.78, 5) is 0. The highest BCUT2D eigenvalue weighted by molar-refractivity contribution is 4.94. The Kier molecular flexibility index (Phi) is 8.90. The monoisotopic (exact) mass is 267 g/mol. The van der Waals surface area contributed by atoms with Gasteiger partial charge < -0.3 is 15.2 Å². The predicted molar refractivity (Wildman–Crippen MR) is 78.9 cm³/mol. The van der Waals surface area contributed by atoms with Gasteiger partial charge in [0.25, 0.3) is 0 Å². The van der Waals surface area contributed by atoms with E-state index < -0.39 is 0 Å². The Morgan fingerprint density at radius 3 is 2.58 bits per heavy atom. The second-order valence-electron chi connectivity index (χ2n) is 5.40. The molecule has 1 saturated carbocycles. The van der Waals surface area contributed by atoms with Gasteiger partial charge in [-0.15, -0.1) is 11.8 Å². The van der Waals surface area contributed by atoms with Crippen LogP contribution in [0, 0.1) is 17.8 Å². The van der Waals surface area contributed by atoms with Gasteiger partial charge in [-0.25, -0.2) is 0 Å². The van der Waals surface area contributed by atoms with Gasteiger partial charge in [0.2, 0.25) is 0 Å². The first-order valence-corrected chi connectivity index (χ1v) is 7.60. The predicted octanol–water partition coefficient (Wildman–Crippen LogP) is 2.73. The van der Waals surface area contributed by atoms with E-state index in [1.807, 2.05) is 6.92 Å². The summed E-state index contributed by atoms with van der Waals surface area (Å²) in [5.74, 6) is 6.73. The lowest BCUT2D eigenvalue weighted by atomic mass is 9.86. The Labute approximate surface area is 118 Å². The second kappa shape index (κ2) is 10.3. The molecule has 1 aliphatic rings. The van der Waals surface area contributed by atoms with E-state index in [-0.39, 0.29) is 6.04 Å². The van der Waals surface area contributed by atoms with E-state index >= 15 is 0 Å². The Bertz CT molecular complexity index is 274. The number of hydrogen-bond donors (Lipinski definition) is 1. The average Bonchev–Trinajstić information content (AvgIpc) is 2.45. The standard InChI is InChI=1S/C16H29NO2/c1-3-5-6-11-18-12-15(17)13-19-16-9-7-14(4-2)8-10-16/h14-16H,4,6-13,17H2,1-2H3. The zero-order chi connectivity index (χ0) is 13.9. The van der Waals surface area contributed by atoms with E-state index in [9.17, 15) is 0 Å². The highest BCUT2D eigenvalue weighted by Crippen LogP contribution is 2.28. The molecule has 1 rings (SSSR count). The summed E-state index contributed by atoms with van der Waals surface area (Å²) < 4.78 is 11.3. The molecule has 0 aromatic carbocycles. The van der Waals surface area contributed by atoms with Crippen molar-refractivity contribution in [2.24, 2.45) is 11.7 Å². The minimum absolute atomic E-state index is 0.0153. The quantitative estimate of drug-likeness (QED) is 0.543. The van der Waals surface area contributed by atoms with E-state index in [1.165, 1.54) is 32.1 Å². The summed E-state index contributed by atoms with van der Waals surface area (Å²) in [5, 5.41) is 0. The Morgan fingerprint density at radius 2 is 1.95 bits per heavy atom. The molecule has 0 aliphatic heterocycles. The molecule has 1 unspecified atom stereocenters. The molecule has 0 aromatic rings. The number of nitrogens with two attached hydrogens (primary N) is 1. The van der Waals surface area contributed by atoms with Crippen LogP contribution in [0.4, 0.5) is 0 Å². The molecule has 3 heteroatoms. The van der Waals surface area contributed by atoms with Gasteiger partial charge in [0, 0.05) is 6.42 Å². The average molecular weight is 267 g/mol. The molecule has 0 aromatic heterocycles. The Morgan fingerprint density at radius 1 is 1.21 bits per heavy atom. The molecule has 2 N–H and O–H groups in total. The highest BCUT2D eigenvalue weighted by Gasteiger charge is 2.20. The summed E-state index contributed by atoms with van der Waals surface area (Å²) in [5.41, 5.74) is 5.97. The second-order valence-corrected chi connectivity index (χ2v) is 5.40. The number of rotatable bonds is 8. The van der Waals surface area contributed by atoms with Crippen molar-refractivity contribution in [2.75, 3.05) is 19.8 Å². The van der Waals surface area contributed by atoms with Gasteiger partial charge >= 0.3 is 0 Å². The van der Waals surface area contributed by atoms with Crippen LogP contribution < -0.4 is 5.73 Å². The molecule has 0 saturated heterocycles. The highest BCUT2D eigenvalue weighted by atomic mass is 16.5. The van der Waals surface area contributed by atoms with Gasteiger partial charge in [0.15, 0.2) is 0 Å². The topological polar surface area (TPSA) is 44.5 Å². The molecule has 19 heavy (non-hydrogen) atoms. The van der Waals surface area contributed by atoms with Crippen LogP contribution in [0.15, 0.2) is 0 Å². The fourth-order valence-corrected chi connectivity index (χ4v) is 2.50. The molecule has 1 atom stereocenters. The van der Waals surface area contributed by atoms with E-state index in [1.54, 1.807) is 0 Å². The summed E-state index contributed by atoms with van der Waals surface area (Å²) in [7, 11) is 0. The van der Waals surface area contributed by atoms with Crippen molar-refractivity contribution in [1.82, 2.24) is 0 Å². The molecule has 0 amide bonds. The Balaban J connectivity index is 2.00. The van der Waals surface area contributed by atoms with Gasteiger partial charge in [-0.3, -0.25) is 0 Å². The van der Waals surface area contributed by atoms with Crippen molar-refractivity contribution >= 4 is 0 Å². The van der Waals surface area contributed by atoms with Crippen LogP contribution in [0.2, 0.25) is 0 Å². The third-order valence-corrected chi connectivity index (χ3v) is 3.80. The molecule has 0 bridgehead atoms. The molecule has 0 heterocycles. The SMILES string of the molecule is CC#CCCOCC(N)COC1CCC(CC)CC1. The van der Waals surface area contributed by atoms with Crippen LogP contribution in [0.25, 0.3) is 0 Å². The summed E-state index contributed by atoms with van der Waals surface area (Å²) >= 11 is 0. The molecular formula is C16H29NO2. The van der Waals surface area contributed by atoms with Gasteiger partial charge in [-0.1, -0.05) is 13.3 Å². The minimum atomic E-state index is -0.0153. The Hall–Kier alpha value is -0.560. The maximum Gasteiger partial charge on any atom is 0.0643 e. The number of hydrogen-bond acceptors (Lipinski definition) is 3. The van der Waals surface area contributed by atoms with Crippen LogP contribution in [-0.2, 0) is 9.47 Å². The zero-order valence-electron chi connectivity index (χ0n) is 12.5. The van der Waals surface area contributed by atoms with Crippen molar-refractivity contribution in [3.8, 4) is 11.8 Å². The molecule has 1 fully saturated rings. The van der Waals surface area contributed by atoms with Crippen LogP contribution >= 0.6 is 0 Å². The third-order valence-electron chi connectivity index (χ3n) is 3.80. The normalized spacial score (nSPS) is 24.6. The summed E-state index contributed by atoms with van der Waals surface area (Å²) in [6.45, 7) is 5.96. The summed E-state index contributed by atoms with van der Waals surface area (Å²) in [6.07, 6.45) is 7.51. The largest absolute Gasteiger partial charge is 0.379 e. The van der Waals surface area contributed by atoms with Crippen LogP contribution in [0.5, 0.6) is 0 Å². The van der Waals surface area contributed by atoms with Crippen molar-refractivity contribution in [1.29, 1.82) is 0 Å².